The van der Waals surface area contributed by atoms with Crippen LogP contribution in [-0.2, 0) is 24.4 Å². The highest BCUT2D eigenvalue weighted by Gasteiger charge is 2.25. The SMILES string of the molecule is N#Cc1ccc(COc2cccc(N3CCN(Cc4nc5ccc(C(=O)O)nc5n4C[C@@H]4CCO4)CC3)c2)nc1. The summed E-state index contributed by atoms with van der Waals surface area (Å²) in [5.41, 5.74) is 3.70. The number of nitriles is 1. The summed E-state index contributed by atoms with van der Waals surface area (Å²) in [6.45, 7) is 5.78. The van der Waals surface area contributed by atoms with Crippen molar-refractivity contribution >= 4 is 22.8 Å². The van der Waals surface area contributed by atoms with Gasteiger partial charge in [0.15, 0.2) is 11.3 Å². The molecule has 0 bridgehead atoms. The Morgan fingerprint density at radius 1 is 1.12 bits per heavy atom. The van der Waals surface area contributed by atoms with Crippen LogP contribution in [0.2, 0.25) is 0 Å². The van der Waals surface area contributed by atoms with Crippen LogP contribution in [-0.4, -0.2) is 74.4 Å². The first-order valence-electron chi connectivity index (χ1n) is 13.3. The van der Waals surface area contributed by atoms with Gasteiger partial charge in [-0.15, -0.1) is 0 Å². The van der Waals surface area contributed by atoms with Gasteiger partial charge >= 0.3 is 5.97 Å². The van der Waals surface area contributed by atoms with E-state index in [1.807, 2.05) is 22.8 Å². The minimum Gasteiger partial charge on any atom is -0.487 e. The highest BCUT2D eigenvalue weighted by molar-refractivity contribution is 5.88. The molecule has 0 aliphatic carbocycles. The number of aromatic nitrogens is 4. The molecule has 0 saturated carbocycles. The monoisotopic (exact) mass is 539 g/mol. The van der Waals surface area contributed by atoms with Gasteiger partial charge in [-0.1, -0.05) is 6.07 Å². The summed E-state index contributed by atoms with van der Waals surface area (Å²) in [4.78, 5) is 29.7. The van der Waals surface area contributed by atoms with Gasteiger partial charge in [0.2, 0.25) is 0 Å². The van der Waals surface area contributed by atoms with E-state index in [9.17, 15) is 9.90 Å². The molecule has 1 aromatic carbocycles. The highest BCUT2D eigenvalue weighted by Crippen LogP contribution is 2.25. The molecule has 40 heavy (non-hydrogen) atoms. The van der Waals surface area contributed by atoms with Crippen molar-refractivity contribution in [2.75, 3.05) is 37.7 Å². The van der Waals surface area contributed by atoms with Crippen LogP contribution in [0.3, 0.4) is 0 Å². The number of carbonyl (C=O) groups is 1. The fourth-order valence-corrected chi connectivity index (χ4v) is 4.98. The lowest BCUT2D eigenvalue weighted by atomic mass is 10.2. The molecule has 204 valence electrons. The predicted molar refractivity (Wildman–Crippen MR) is 146 cm³/mol. The molecule has 2 fully saturated rings. The van der Waals surface area contributed by atoms with Crippen LogP contribution in [0.4, 0.5) is 5.69 Å². The van der Waals surface area contributed by atoms with Crippen molar-refractivity contribution in [1.82, 2.24) is 24.4 Å². The summed E-state index contributed by atoms with van der Waals surface area (Å²) in [7, 11) is 0. The second kappa shape index (κ2) is 11.3. The Morgan fingerprint density at radius 3 is 2.67 bits per heavy atom. The quantitative estimate of drug-likeness (QED) is 0.339. The average Bonchev–Trinajstić information content (AvgIpc) is 3.30. The van der Waals surface area contributed by atoms with E-state index in [4.69, 9.17) is 19.7 Å². The van der Waals surface area contributed by atoms with Crippen molar-refractivity contribution < 1.29 is 19.4 Å². The Hall–Kier alpha value is -4.53. The van der Waals surface area contributed by atoms with Gasteiger partial charge < -0.3 is 24.0 Å². The summed E-state index contributed by atoms with van der Waals surface area (Å²) in [5.74, 6) is 0.597. The van der Waals surface area contributed by atoms with Gasteiger partial charge in [-0.3, -0.25) is 9.88 Å². The van der Waals surface area contributed by atoms with Gasteiger partial charge in [0.1, 0.15) is 29.8 Å². The molecule has 2 aliphatic heterocycles. The Labute approximate surface area is 231 Å². The lowest BCUT2D eigenvalue weighted by molar-refractivity contribution is -0.0592. The van der Waals surface area contributed by atoms with Crippen molar-refractivity contribution in [2.24, 2.45) is 0 Å². The normalized spacial score (nSPS) is 17.4. The molecule has 0 spiro atoms. The van der Waals surface area contributed by atoms with Crippen molar-refractivity contribution in [1.29, 1.82) is 5.26 Å². The fourth-order valence-electron chi connectivity index (χ4n) is 4.98. The van der Waals surface area contributed by atoms with Gasteiger partial charge in [0, 0.05) is 50.7 Å². The topological polar surface area (TPSA) is 130 Å². The number of rotatable bonds is 9. The number of pyridine rings is 2. The third-order valence-electron chi connectivity index (χ3n) is 7.33. The van der Waals surface area contributed by atoms with Crippen LogP contribution in [0.15, 0.2) is 54.7 Å². The molecule has 2 saturated heterocycles. The van der Waals surface area contributed by atoms with Crippen LogP contribution in [0.5, 0.6) is 5.75 Å². The lowest BCUT2D eigenvalue weighted by Gasteiger charge is -2.36. The van der Waals surface area contributed by atoms with Gasteiger partial charge in [0.25, 0.3) is 0 Å². The van der Waals surface area contributed by atoms with E-state index >= 15 is 0 Å². The Bertz CT molecular complexity index is 1550. The summed E-state index contributed by atoms with van der Waals surface area (Å²) < 4.78 is 13.7. The number of hydrogen-bond donors (Lipinski definition) is 1. The van der Waals surface area contributed by atoms with Crippen molar-refractivity contribution in [3.8, 4) is 11.8 Å². The van der Waals surface area contributed by atoms with Gasteiger partial charge in [-0.05, 0) is 42.8 Å². The molecular weight excluding hydrogens is 510 g/mol. The molecule has 11 heteroatoms. The lowest BCUT2D eigenvalue weighted by Crippen LogP contribution is -2.46. The van der Waals surface area contributed by atoms with Crippen LogP contribution in [0, 0.1) is 11.3 Å². The van der Waals surface area contributed by atoms with E-state index in [1.54, 1.807) is 24.4 Å². The van der Waals surface area contributed by atoms with Crippen molar-refractivity contribution in [3.05, 3.63) is 77.5 Å². The second-order valence-electron chi connectivity index (χ2n) is 9.96. The molecule has 11 nitrogen and oxygen atoms in total. The first-order chi connectivity index (χ1) is 19.6. The van der Waals surface area contributed by atoms with Gasteiger partial charge in [-0.2, -0.15) is 5.26 Å². The first kappa shape index (κ1) is 25.7. The van der Waals surface area contributed by atoms with E-state index in [-0.39, 0.29) is 11.8 Å². The molecule has 0 unspecified atom stereocenters. The number of aromatic carboxylic acids is 1. The largest absolute Gasteiger partial charge is 0.487 e. The number of carboxylic acid groups (broad SMARTS) is 1. The zero-order chi connectivity index (χ0) is 27.5. The van der Waals surface area contributed by atoms with Crippen molar-refractivity contribution in [3.63, 3.8) is 0 Å². The number of ether oxygens (including phenoxy) is 2. The maximum Gasteiger partial charge on any atom is 0.354 e. The number of fused-ring (bicyclic) bond motifs is 1. The number of anilines is 1. The van der Waals surface area contributed by atoms with E-state index in [0.717, 1.165) is 62.2 Å². The van der Waals surface area contributed by atoms with Crippen molar-refractivity contribution in [2.45, 2.75) is 32.2 Å². The Morgan fingerprint density at radius 2 is 1.98 bits per heavy atom. The fraction of sp³-hybridized carbons (Fsp3) is 0.345. The molecule has 2 aliphatic rings. The molecule has 1 atom stereocenters. The number of carboxylic acids is 1. The minimum atomic E-state index is -1.05. The third kappa shape index (κ3) is 5.59. The predicted octanol–water partition coefficient (Wildman–Crippen LogP) is 3.09. The number of benzene rings is 1. The number of hydrogen-bond acceptors (Lipinski definition) is 9. The number of nitrogens with zero attached hydrogens (tertiary/aromatic N) is 7. The Balaban J connectivity index is 1.10. The summed E-state index contributed by atoms with van der Waals surface area (Å²) >= 11 is 0. The average molecular weight is 540 g/mol. The van der Waals surface area contributed by atoms with Crippen LogP contribution in [0.25, 0.3) is 11.2 Å². The molecule has 4 aromatic rings. The summed E-state index contributed by atoms with van der Waals surface area (Å²) in [6.07, 6.45) is 2.63. The first-order valence-corrected chi connectivity index (χ1v) is 13.3. The standard InChI is InChI=1S/C29H29N7O4/c30-15-20-4-5-21(31-16-20)19-40-23-3-1-2-22(14-23)35-11-9-34(10-12-35)18-27-32-25-6-7-26(29(37)38)33-28(25)36(27)17-24-8-13-39-24/h1-7,14,16,24H,8-13,17-19H2,(H,37,38)/t24-/m0/s1. The zero-order valence-corrected chi connectivity index (χ0v) is 21.9. The smallest absolute Gasteiger partial charge is 0.354 e. The number of imidazole rings is 1. The van der Waals surface area contributed by atoms with E-state index < -0.39 is 5.97 Å². The van der Waals surface area contributed by atoms with Gasteiger partial charge in [0.05, 0.1) is 30.5 Å². The molecule has 6 rings (SSSR count). The van der Waals surface area contributed by atoms with E-state index in [2.05, 4.69) is 31.9 Å². The zero-order valence-electron chi connectivity index (χ0n) is 21.9. The maximum atomic E-state index is 11.5. The van der Waals surface area contributed by atoms with Crippen LogP contribution >= 0.6 is 0 Å². The van der Waals surface area contributed by atoms with E-state index in [1.165, 1.54) is 6.07 Å². The minimum absolute atomic E-state index is 0.0164. The Kier molecular flexibility index (Phi) is 7.27. The highest BCUT2D eigenvalue weighted by atomic mass is 16.5. The molecule has 1 N–H and O–H groups in total. The molecule has 5 heterocycles. The molecule has 3 aromatic heterocycles. The van der Waals surface area contributed by atoms with Gasteiger partial charge in [-0.25, -0.2) is 14.8 Å². The maximum absolute atomic E-state index is 11.5. The molecular formula is C29H29N7O4. The second-order valence-corrected chi connectivity index (χ2v) is 9.96. The summed E-state index contributed by atoms with van der Waals surface area (Å²) in [5, 5.41) is 18.4. The van der Waals surface area contributed by atoms with Crippen LogP contribution in [0.1, 0.15) is 34.0 Å². The molecule has 0 radical (unpaired) electrons. The number of piperazine rings is 1. The molecule has 0 amide bonds. The summed E-state index contributed by atoms with van der Waals surface area (Å²) in [6, 6.07) is 16.9. The van der Waals surface area contributed by atoms with Crippen LogP contribution < -0.4 is 9.64 Å². The van der Waals surface area contributed by atoms with E-state index in [0.29, 0.717) is 36.4 Å². The third-order valence-corrected chi connectivity index (χ3v) is 7.33.